The van der Waals surface area contributed by atoms with Crippen molar-refractivity contribution in [1.82, 2.24) is 4.98 Å². The van der Waals surface area contributed by atoms with E-state index >= 15 is 0 Å². The molecular weight excluding hydrogens is 378 g/mol. The lowest BCUT2D eigenvalue weighted by atomic mass is 9.89. The van der Waals surface area contributed by atoms with Gasteiger partial charge in [-0.1, -0.05) is 0 Å². The summed E-state index contributed by atoms with van der Waals surface area (Å²) >= 11 is 0. The van der Waals surface area contributed by atoms with E-state index in [-0.39, 0.29) is 0 Å². The van der Waals surface area contributed by atoms with Gasteiger partial charge in [0.05, 0.1) is 0 Å². The molecule has 0 saturated heterocycles. The van der Waals surface area contributed by atoms with E-state index < -0.39 is 0 Å². The maximum Gasteiger partial charge on any atom is 0.0458 e. The Bertz CT molecular complexity index is 1020. The van der Waals surface area contributed by atoms with Crippen molar-refractivity contribution in [3.63, 3.8) is 0 Å². The van der Waals surface area contributed by atoms with Crippen molar-refractivity contribution >= 4 is 11.4 Å². The number of benzene rings is 2. The van der Waals surface area contributed by atoms with E-state index in [2.05, 4.69) is 51.2 Å². The second-order valence-electron chi connectivity index (χ2n) is 9.96. The monoisotopic (exact) mass is 409 g/mol. The summed E-state index contributed by atoms with van der Waals surface area (Å²) in [5.41, 5.74) is 14.7. The highest BCUT2D eigenvalue weighted by Crippen LogP contribution is 2.40. The number of aromatic nitrogens is 1. The molecule has 0 radical (unpaired) electrons. The molecule has 2 aromatic carbocycles. The molecule has 7 rings (SSSR count). The van der Waals surface area contributed by atoms with Gasteiger partial charge in [-0.3, -0.25) is 0 Å². The van der Waals surface area contributed by atoms with E-state index in [0.29, 0.717) is 0 Å². The number of H-pyrrole nitrogens is 1. The van der Waals surface area contributed by atoms with Gasteiger partial charge in [0.1, 0.15) is 0 Å². The second-order valence-corrected chi connectivity index (χ2v) is 9.96. The van der Waals surface area contributed by atoms with Crippen LogP contribution < -0.4 is 9.80 Å². The molecule has 3 heteroatoms. The highest BCUT2D eigenvalue weighted by Gasteiger charge is 2.26. The summed E-state index contributed by atoms with van der Waals surface area (Å²) in [7, 11) is 0. The first-order chi connectivity index (χ1) is 15.3. The largest absolute Gasteiger partial charge is 0.371 e. The number of nitrogens with one attached hydrogen (secondary N) is 1. The van der Waals surface area contributed by atoms with Crippen molar-refractivity contribution in [1.29, 1.82) is 0 Å². The molecule has 4 aliphatic heterocycles. The van der Waals surface area contributed by atoms with Gasteiger partial charge < -0.3 is 14.8 Å². The third-order valence-electron chi connectivity index (χ3n) is 7.97. The van der Waals surface area contributed by atoms with Crippen molar-refractivity contribution < 1.29 is 0 Å². The number of rotatable bonds is 2. The maximum atomic E-state index is 3.79. The van der Waals surface area contributed by atoms with Crippen LogP contribution >= 0.6 is 0 Å². The van der Waals surface area contributed by atoms with Crippen LogP contribution in [0.5, 0.6) is 0 Å². The van der Waals surface area contributed by atoms with Crippen LogP contribution in [0.2, 0.25) is 0 Å². The lowest BCUT2D eigenvalue weighted by Gasteiger charge is -2.37. The van der Waals surface area contributed by atoms with E-state index in [1.807, 2.05) is 0 Å². The van der Waals surface area contributed by atoms with Crippen LogP contribution in [0, 0.1) is 0 Å². The Morgan fingerprint density at radius 1 is 0.516 bits per heavy atom. The van der Waals surface area contributed by atoms with Crippen LogP contribution in [-0.4, -0.2) is 31.2 Å². The van der Waals surface area contributed by atoms with Crippen molar-refractivity contribution in [2.75, 3.05) is 36.0 Å². The smallest absolute Gasteiger partial charge is 0.0458 e. The summed E-state index contributed by atoms with van der Waals surface area (Å²) in [5.74, 6) is 0. The molecule has 0 saturated carbocycles. The minimum absolute atomic E-state index is 1.23. The van der Waals surface area contributed by atoms with Crippen molar-refractivity contribution in [3.8, 4) is 22.5 Å². The van der Waals surface area contributed by atoms with Gasteiger partial charge in [-0.15, -0.1) is 0 Å². The molecule has 3 aromatic rings. The van der Waals surface area contributed by atoms with Gasteiger partial charge in [0.25, 0.3) is 0 Å². The summed E-state index contributed by atoms with van der Waals surface area (Å²) in [6.45, 7) is 4.96. The lowest BCUT2D eigenvalue weighted by molar-refractivity contribution is 0.634. The Morgan fingerprint density at radius 3 is 1.23 bits per heavy atom. The molecule has 4 aliphatic rings. The Labute approximate surface area is 185 Å². The SMILES string of the molecule is c1cc(-c2cc3c4c(c2)CCCN4CCC3)[nH]c1-c1cc2c3c(c1)CCCN3CCC2. The minimum Gasteiger partial charge on any atom is -0.371 e. The quantitative estimate of drug-likeness (QED) is 0.582. The number of aromatic amines is 1. The molecule has 0 aliphatic carbocycles. The first-order valence-corrected chi connectivity index (χ1v) is 12.3. The third-order valence-corrected chi connectivity index (χ3v) is 7.97. The Balaban J connectivity index is 1.28. The molecule has 158 valence electrons. The predicted molar refractivity (Wildman–Crippen MR) is 129 cm³/mol. The average Bonchev–Trinajstić information content (AvgIpc) is 3.30. The fourth-order valence-electron chi connectivity index (χ4n) is 6.65. The van der Waals surface area contributed by atoms with Crippen LogP contribution in [0.4, 0.5) is 11.4 Å². The summed E-state index contributed by atoms with van der Waals surface area (Å²) in [4.78, 5) is 9.05. The molecule has 1 N–H and O–H groups in total. The van der Waals surface area contributed by atoms with E-state index in [1.54, 1.807) is 33.6 Å². The molecular formula is C28H31N3. The Morgan fingerprint density at radius 2 is 0.871 bits per heavy atom. The number of nitrogens with zero attached hydrogens (tertiary/aromatic N) is 2. The van der Waals surface area contributed by atoms with Crippen molar-refractivity contribution in [2.24, 2.45) is 0 Å². The van der Waals surface area contributed by atoms with Crippen LogP contribution in [0.3, 0.4) is 0 Å². The van der Waals surface area contributed by atoms with E-state index in [0.717, 1.165) is 0 Å². The topological polar surface area (TPSA) is 22.3 Å². The van der Waals surface area contributed by atoms with Gasteiger partial charge in [-0.05, 0) is 121 Å². The lowest BCUT2D eigenvalue weighted by Crippen LogP contribution is -2.34. The van der Waals surface area contributed by atoms with Gasteiger partial charge in [0.2, 0.25) is 0 Å². The van der Waals surface area contributed by atoms with Crippen molar-refractivity contribution in [2.45, 2.75) is 51.4 Å². The van der Waals surface area contributed by atoms with Crippen LogP contribution in [0.25, 0.3) is 22.5 Å². The zero-order valence-electron chi connectivity index (χ0n) is 18.3. The molecule has 31 heavy (non-hydrogen) atoms. The summed E-state index contributed by atoms with van der Waals surface area (Å²) in [6.07, 6.45) is 10.1. The van der Waals surface area contributed by atoms with E-state index in [9.17, 15) is 0 Å². The van der Waals surface area contributed by atoms with Gasteiger partial charge in [0.15, 0.2) is 0 Å². The van der Waals surface area contributed by atoms with Gasteiger partial charge in [-0.25, -0.2) is 0 Å². The van der Waals surface area contributed by atoms with E-state index in [1.165, 1.54) is 100 Å². The van der Waals surface area contributed by atoms with Gasteiger partial charge >= 0.3 is 0 Å². The van der Waals surface area contributed by atoms with Crippen LogP contribution in [0.1, 0.15) is 47.9 Å². The van der Waals surface area contributed by atoms with Crippen LogP contribution in [-0.2, 0) is 25.7 Å². The Hall–Kier alpha value is -2.68. The summed E-state index contributed by atoms with van der Waals surface area (Å²) in [5, 5.41) is 0. The fourth-order valence-corrected chi connectivity index (χ4v) is 6.65. The first-order valence-electron chi connectivity index (χ1n) is 12.3. The fraction of sp³-hybridized carbons (Fsp3) is 0.429. The molecule has 0 fully saturated rings. The highest BCUT2D eigenvalue weighted by atomic mass is 15.1. The van der Waals surface area contributed by atoms with Crippen LogP contribution in [0.15, 0.2) is 36.4 Å². The highest BCUT2D eigenvalue weighted by molar-refractivity contribution is 5.77. The standard InChI is InChI=1S/C28H31N3/c1-5-19-15-23(16-20-6-2-12-30(11-1)27(19)20)25-9-10-26(29-25)24-17-21-7-3-13-31-14-4-8-22(18-24)28(21)31/h9-10,15-18,29H,1-8,11-14H2. The molecule has 0 amide bonds. The summed E-state index contributed by atoms with van der Waals surface area (Å²) in [6, 6.07) is 14.4. The molecule has 5 heterocycles. The zero-order chi connectivity index (χ0) is 20.4. The number of anilines is 2. The molecule has 0 bridgehead atoms. The van der Waals surface area contributed by atoms with Gasteiger partial charge in [-0.2, -0.15) is 0 Å². The first kappa shape index (κ1) is 17.9. The molecule has 1 aromatic heterocycles. The van der Waals surface area contributed by atoms with E-state index in [4.69, 9.17) is 0 Å². The average molecular weight is 410 g/mol. The number of hydrogen-bond acceptors (Lipinski definition) is 2. The normalized spacial score (nSPS) is 19.2. The molecule has 0 unspecified atom stereocenters. The summed E-state index contributed by atoms with van der Waals surface area (Å²) < 4.78 is 0. The second kappa shape index (κ2) is 6.91. The minimum atomic E-state index is 1.23. The molecule has 0 atom stereocenters. The maximum absolute atomic E-state index is 3.79. The third kappa shape index (κ3) is 2.86. The van der Waals surface area contributed by atoms with Gasteiger partial charge in [0, 0.05) is 48.9 Å². The number of hydrogen-bond donors (Lipinski definition) is 1. The number of aryl methyl sites for hydroxylation is 4. The predicted octanol–water partition coefficient (Wildman–Crippen LogP) is 5.75. The molecule has 3 nitrogen and oxygen atoms in total. The van der Waals surface area contributed by atoms with Crippen molar-refractivity contribution in [3.05, 3.63) is 58.7 Å². The zero-order valence-corrected chi connectivity index (χ0v) is 18.3. The molecule has 0 spiro atoms. The Kier molecular flexibility index (Phi) is 4.00.